The molecule has 1 aliphatic rings. The lowest BCUT2D eigenvalue weighted by Gasteiger charge is -2.21. The molecule has 1 fully saturated rings. The quantitative estimate of drug-likeness (QED) is 0.809. The first kappa shape index (κ1) is 11.4. The first-order chi connectivity index (χ1) is 7.69. The van der Waals surface area contributed by atoms with Crippen LogP contribution in [0.2, 0.25) is 0 Å². The van der Waals surface area contributed by atoms with Gasteiger partial charge in [0.1, 0.15) is 5.82 Å². The summed E-state index contributed by atoms with van der Waals surface area (Å²) in [5.74, 6) is 0.608. The Hall–Kier alpha value is -1.05. The number of aryl methyl sites for hydroxylation is 1. The second-order valence-electron chi connectivity index (χ2n) is 4.87. The predicted octanol–water partition coefficient (Wildman–Crippen LogP) is 4.12. The van der Waals surface area contributed by atoms with Crippen molar-refractivity contribution in [2.75, 3.05) is 5.32 Å². The minimum Gasteiger partial charge on any atom is -0.382 e. The van der Waals surface area contributed by atoms with Crippen LogP contribution in [0.25, 0.3) is 0 Å². The maximum Gasteiger partial charge on any atom is 0.125 e. The Balaban J connectivity index is 2.08. The van der Waals surface area contributed by atoms with Crippen LogP contribution < -0.4 is 5.32 Å². The van der Waals surface area contributed by atoms with Gasteiger partial charge in [0.2, 0.25) is 0 Å². The molecule has 1 saturated carbocycles. The Bertz CT molecular complexity index is 342. The van der Waals surface area contributed by atoms with Gasteiger partial charge < -0.3 is 5.32 Å². The molecule has 0 aromatic heterocycles. The second kappa shape index (κ2) is 4.86. The van der Waals surface area contributed by atoms with Gasteiger partial charge in [-0.05, 0) is 49.4 Å². The second-order valence-corrected chi connectivity index (χ2v) is 4.87. The van der Waals surface area contributed by atoms with Crippen molar-refractivity contribution in [2.24, 2.45) is 5.92 Å². The van der Waals surface area contributed by atoms with Gasteiger partial charge in [-0.1, -0.05) is 19.8 Å². The van der Waals surface area contributed by atoms with E-state index in [0.29, 0.717) is 6.04 Å². The van der Waals surface area contributed by atoms with Crippen LogP contribution in [-0.4, -0.2) is 6.04 Å². The molecular weight excluding hydrogens is 201 g/mol. The number of halogens is 1. The van der Waals surface area contributed by atoms with E-state index in [0.717, 1.165) is 17.2 Å². The van der Waals surface area contributed by atoms with Crippen LogP contribution in [0.5, 0.6) is 0 Å². The minimum absolute atomic E-state index is 0.145. The topological polar surface area (TPSA) is 12.0 Å². The molecule has 2 rings (SSSR count). The summed E-state index contributed by atoms with van der Waals surface area (Å²) in [7, 11) is 0. The SMILES string of the molecule is CCC1CCCC1Nc1cc(C)cc(F)c1. The third-order valence-corrected chi connectivity index (χ3v) is 3.58. The maximum atomic E-state index is 13.2. The smallest absolute Gasteiger partial charge is 0.125 e. The maximum absolute atomic E-state index is 13.2. The number of hydrogen-bond donors (Lipinski definition) is 1. The van der Waals surface area contributed by atoms with E-state index >= 15 is 0 Å². The normalized spacial score (nSPS) is 24.7. The molecule has 1 N–H and O–H groups in total. The molecule has 0 saturated heterocycles. The largest absolute Gasteiger partial charge is 0.382 e. The van der Waals surface area contributed by atoms with Crippen LogP contribution in [0.15, 0.2) is 18.2 Å². The Morgan fingerprint density at radius 2 is 2.12 bits per heavy atom. The van der Waals surface area contributed by atoms with Crippen molar-refractivity contribution in [2.45, 2.75) is 45.6 Å². The number of benzene rings is 1. The minimum atomic E-state index is -0.145. The van der Waals surface area contributed by atoms with Crippen LogP contribution >= 0.6 is 0 Å². The molecule has 1 aromatic rings. The molecule has 0 spiro atoms. The van der Waals surface area contributed by atoms with Gasteiger partial charge in [-0.3, -0.25) is 0 Å². The summed E-state index contributed by atoms with van der Waals surface area (Å²) in [4.78, 5) is 0. The average molecular weight is 221 g/mol. The summed E-state index contributed by atoms with van der Waals surface area (Å²) in [6.45, 7) is 4.17. The van der Waals surface area contributed by atoms with Gasteiger partial charge in [0.15, 0.2) is 0 Å². The Kier molecular flexibility index (Phi) is 3.47. The molecular formula is C14H20FN. The standard InChI is InChI=1S/C14H20FN/c1-3-11-5-4-6-14(11)16-13-8-10(2)7-12(15)9-13/h7-9,11,14,16H,3-6H2,1-2H3. The highest BCUT2D eigenvalue weighted by Crippen LogP contribution is 2.31. The van der Waals surface area contributed by atoms with Crippen LogP contribution in [0, 0.1) is 18.7 Å². The lowest BCUT2D eigenvalue weighted by Crippen LogP contribution is -2.23. The zero-order valence-electron chi connectivity index (χ0n) is 10.1. The van der Waals surface area contributed by atoms with Crippen molar-refractivity contribution < 1.29 is 4.39 Å². The molecule has 0 aliphatic heterocycles. The molecule has 2 atom stereocenters. The van der Waals surface area contributed by atoms with Crippen LogP contribution in [0.4, 0.5) is 10.1 Å². The fourth-order valence-electron chi connectivity index (χ4n) is 2.75. The van der Waals surface area contributed by atoms with E-state index in [1.165, 1.54) is 25.7 Å². The fraction of sp³-hybridized carbons (Fsp3) is 0.571. The average Bonchev–Trinajstić information content (AvgIpc) is 2.63. The first-order valence-electron chi connectivity index (χ1n) is 6.22. The number of hydrogen-bond acceptors (Lipinski definition) is 1. The lowest BCUT2D eigenvalue weighted by molar-refractivity contribution is 0.489. The zero-order chi connectivity index (χ0) is 11.5. The Morgan fingerprint density at radius 3 is 2.81 bits per heavy atom. The lowest BCUT2D eigenvalue weighted by atomic mass is 10.0. The van der Waals surface area contributed by atoms with E-state index in [4.69, 9.17) is 0 Å². The van der Waals surface area contributed by atoms with Crippen molar-refractivity contribution in [1.29, 1.82) is 0 Å². The molecule has 1 aliphatic carbocycles. The highest BCUT2D eigenvalue weighted by molar-refractivity contribution is 5.47. The third kappa shape index (κ3) is 2.55. The van der Waals surface area contributed by atoms with E-state index < -0.39 is 0 Å². The van der Waals surface area contributed by atoms with Gasteiger partial charge in [-0.2, -0.15) is 0 Å². The highest BCUT2D eigenvalue weighted by atomic mass is 19.1. The Morgan fingerprint density at radius 1 is 1.31 bits per heavy atom. The van der Waals surface area contributed by atoms with E-state index in [1.807, 2.05) is 13.0 Å². The highest BCUT2D eigenvalue weighted by Gasteiger charge is 2.25. The molecule has 0 heterocycles. The van der Waals surface area contributed by atoms with Crippen LogP contribution in [0.3, 0.4) is 0 Å². The van der Waals surface area contributed by atoms with E-state index in [1.54, 1.807) is 12.1 Å². The number of nitrogens with one attached hydrogen (secondary N) is 1. The Labute approximate surface area is 97.1 Å². The van der Waals surface area contributed by atoms with Gasteiger partial charge in [0.05, 0.1) is 0 Å². The fourth-order valence-corrected chi connectivity index (χ4v) is 2.75. The van der Waals surface area contributed by atoms with E-state index in [2.05, 4.69) is 12.2 Å². The van der Waals surface area contributed by atoms with Crippen LogP contribution in [0.1, 0.15) is 38.2 Å². The van der Waals surface area contributed by atoms with Gasteiger partial charge in [0.25, 0.3) is 0 Å². The van der Waals surface area contributed by atoms with Gasteiger partial charge in [-0.25, -0.2) is 4.39 Å². The van der Waals surface area contributed by atoms with E-state index in [9.17, 15) is 4.39 Å². The number of anilines is 1. The summed E-state index contributed by atoms with van der Waals surface area (Å²) in [5, 5.41) is 3.48. The van der Waals surface area contributed by atoms with Gasteiger partial charge in [0, 0.05) is 11.7 Å². The summed E-state index contributed by atoms with van der Waals surface area (Å²) in [5.41, 5.74) is 1.91. The third-order valence-electron chi connectivity index (χ3n) is 3.58. The molecule has 1 nitrogen and oxygen atoms in total. The zero-order valence-corrected chi connectivity index (χ0v) is 10.1. The van der Waals surface area contributed by atoms with Crippen molar-refractivity contribution in [3.63, 3.8) is 0 Å². The molecule has 0 amide bonds. The summed E-state index contributed by atoms with van der Waals surface area (Å²) in [6.07, 6.45) is 5.03. The van der Waals surface area contributed by atoms with Gasteiger partial charge in [-0.15, -0.1) is 0 Å². The molecule has 0 radical (unpaired) electrons. The molecule has 2 unspecified atom stereocenters. The summed E-state index contributed by atoms with van der Waals surface area (Å²) in [6, 6.07) is 5.72. The van der Waals surface area contributed by atoms with Crippen LogP contribution in [-0.2, 0) is 0 Å². The summed E-state index contributed by atoms with van der Waals surface area (Å²) >= 11 is 0. The predicted molar refractivity (Wildman–Crippen MR) is 66.2 cm³/mol. The monoisotopic (exact) mass is 221 g/mol. The molecule has 1 aromatic carbocycles. The van der Waals surface area contributed by atoms with Crippen molar-refractivity contribution in [3.05, 3.63) is 29.6 Å². The molecule has 16 heavy (non-hydrogen) atoms. The van der Waals surface area contributed by atoms with E-state index in [-0.39, 0.29) is 5.82 Å². The van der Waals surface area contributed by atoms with Crippen molar-refractivity contribution in [3.8, 4) is 0 Å². The molecule has 88 valence electrons. The van der Waals surface area contributed by atoms with Gasteiger partial charge >= 0.3 is 0 Å². The molecule has 0 bridgehead atoms. The molecule has 2 heteroatoms. The van der Waals surface area contributed by atoms with Crippen molar-refractivity contribution in [1.82, 2.24) is 0 Å². The summed E-state index contributed by atoms with van der Waals surface area (Å²) < 4.78 is 13.2. The first-order valence-corrected chi connectivity index (χ1v) is 6.22. The van der Waals surface area contributed by atoms with Crippen molar-refractivity contribution >= 4 is 5.69 Å². The number of rotatable bonds is 3.